The van der Waals surface area contributed by atoms with E-state index in [1.165, 1.54) is 5.56 Å². The first-order valence-electron chi connectivity index (χ1n) is 6.15. The van der Waals surface area contributed by atoms with Crippen molar-refractivity contribution < 1.29 is 4.39 Å². The highest BCUT2D eigenvalue weighted by Gasteiger charge is 2.20. The van der Waals surface area contributed by atoms with Crippen molar-refractivity contribution in [3.05, 3.63) is 64.1 Å². The number of hydrogen-bond acceptors (Lipinski definition) is 2. The monoisotopic (exact) mass is 322 g/mol. The van der Waals surface area contributed by atoms with Crippen LogP contribution in [-0.4, -0.2) is 12.0 Å². The van der Waals surface area contributed by atoms with Crippen molar-refractivity contribution in [2.45, 2.75) is 18.9 Å². The van der Waals surface area contributed by atoms with E-state index in [4.69, 9.17) is 0 Å². The van der Waals surface area contributed by atoms with Gasteiger partial charge in [-0.15, -0.1) is 0 Å². The van der Waals surface area contributed by atoms with Crippen LogP contribution in [0.1, 0.15) is 30.0 Å². The predicted octanol–water partition coefficient (Wildman–Crippen LogP) is 4.05. The van der Waals surface area contributed by atoms with Crippen molar-refractivity contribution in [1.29, 1.82) is 0 Å². The highest BCUT2D eigenvalue weighted by molar-refractivity contribution is 9.10. The van der Waals surface area contributed by atoms with Crippen LogP contribution in [0.2, 0.25) is 0 Å². The second-order valence-electron chi connectivity index (χ2n) is 4.51. The lowest BCUT2D eigenvalue weighted by Gasteiger charge is -2.24. The number of nitrogens with one attached hydrogen (secondary N) is 1. The van der Waals surface area contributed by atoms with Crippen molar-refractivity contribution in [2.75, 3.05) is 7.05 Å². The first-order valence-corrected chi connectivity index (χ1v) is 6.95. The molecule has 100 valence electrons. The number of nitrogens with zero attached hydrogens (tertiary/aromatic N) is 1. The number of rotatable bonds is 4. The van der Waals surface area contributed by atoms with Gasteiger partial charge in [-0.1, -0.05) is 13.0 Å². The van der Waals surface area contributed by atoms with Crippen molar-refractivity contribution in [1.82, 2.24) is 10.3 Å². The fourth-order valence-corrected chi connectivity index (χ4v) is 2.52. The average Bonchev–Trinajstić information content (AvgIpc) is 2.44. The van der Waals surface area contributed by atoms with Gasteiger partial charge in [0.15, 0.2) is 0 Å². The number of aromatic nitrogens is 1. The largest absolute Gasteiger partial charge is 0.312 e. The maximum absolute atomic E-state index is 13.7. The Hall–Kier alpha value is -1.26. The first kappa shape index (κ1) is 14.2. The average molecular weight is 323 g/mol. The molecule has 0 amide bonds. The standard InChI is InChI=1S/C15H16BrFN2/c1-10(11-5-7-19-8-6-11)15(18-2)12-3-4-13(16)14(17)9-12/h3-10,15,18H,1-2H3. The van der Waals surface area contributed by atoms with Crippen LogP contribution in [-0.2, 0) is 0 Å². The molecule has 0 saturated heterocycles. The molecule has 2 atom stereocenters. The number of hydrogen-bond donors (Lipinski definition) is 1. The molecule has 1 heterocycles. The van der Waals surface area contributed by atoms with Gasteiger partial charge in [-0.3, -0.25) is 4.98 Å². The minimum absolute atomic E-state index is 0.0602. The van der Waals surface area contributed by atoms with Gasteiger partial charge in [0.05, 0.1) is 4.47 Å². The molecule has 0 aliphatic carbocycles. The molecule has 2 nitrogen and oxygen atoms in total. The van der Waals surface area contributed by atoms with Gasteiger partial charge in [0, 0.05) is 24.4 Å². The third kappa shape index (κ3) is 3.19. The first-order chi connectivity index (χ1) is 9.13. The third-order valence-corrected chi connectivity index (χ3v) is 3.99. The molecular weight excluding hydrogens is 307 g/mol. The molecule has 0 aliphatic rings. The fourth-order valence-electron chi connectivity index (χ4n) is 2.27. The zero-order valence-corrected chi connectivity index (χ0v) is 12.5. The summed E-state index contributed by atoms with van der Waals surface area (Å²) in [5.74, 6) is -0.00625. The van der Waals surface area contributed by atoms with Crippen LogP contribution in [0.15, 0.2) is 47.2 Å². The Morgan fingerprint density at radius 1 is 1.16 bits per heavy atom. The Balaban J connectivity index is 2.31. The Kier molecular flexibility index (Phi) is 4.66. The summed E-state index contributed by atoms with van der Waals surface area (Å²) in [5, 5.41) is 3.26. The van der Waals surface area contributed by atoms with Gasteiger partial charge in [0.2, 0.25) is 0 Å². The van der Waals surface area contributed by atoms with Crippen LogP contribution in [0.4, 0.5) is 4.39 Å². The van der Waals surface area contributed by atoms with E-state index in [0.29, 0.717) is 4.47 Å². The van der Waals surface area contributed by atoms with Gasteiger partial charge in [-0.05, 0) is 58.4 Å². The van der Waals surface area contributed by atoms with Gasteiger partial charge in [0.1, 0.15) is 5.82 Å². The molecule has 1 N–H and O–H groups in total. The smallest absolute Gasteiger partial charge is 0.137 e. The Bertz CT molecular complexity index is 545. The number of likely N-dealkylation sites (N-methyl/N-ethyl adjacent to an activating group) is 1. The van der Waals surface area contributed by atoms with Crippen molar-refractivity contribution in [3.63, 3.8) is 0 Å². The van der Waals surface area contributed by atoms with E-state index in [9.17, 15) is 4.39 Å². The Morgan fingerprint density at radius 3 is 2.42 bits per heavy atom. The second-order valence-corrected chi connectivity index (χ2v) is 5.36. The van der Waals surface area contributed by atoms with E-state index in [0.717, 1.165) is 5.56 Å². The molecule has 0 spiro atoms. The zero-order chi connectivity index (χ0) is 13.8. The third-order valence-electron chi connectivity index (χ3n) is 3.35. The van der Waals surface area contributed by atoms with E-state index in [1.54, 1.807) is 24.5 Å². The number of benzene rings is 1. The molecular formula is C15H16BrFN2. The lowest BCUT2D eigenvalue weighted by atomic mass is 9.89. The second kappa shape index (κ2) is 6.26. The normalized spacial score (nSPS) is 14.1. The van der Waals surface area contributed by atoms with E-state index in [1.807, 2.05) is 25.2 Å². The summed E-state index contributed by atoms with van der Waals surface area (Å²) in [6.07, 6.45) is 3.56. The van der Waals surface area contributed by atoms with Gasteiger partial charge in [-0.2, -0.15) is 0 Å². The lowest BCUT2D eigenvalue weighted by molar-refractivity contribution is 0.503. The van der Waals surface area contributed by atoms with Crippen molar-refractivity contribution in [2.24, 2.45) is 0 Å². The van der Waals surface area contributed by atoms with Crippen LogP contribution < -0.4 is 5.32 Å². The van der Waals surface area contributed by atoms with E-state index in [-0.39, 0.29) is 17.8 Å². The molecule has 4 heteroatoms. The summed E-state index contributed by atoms with van der Waals surface area (Å²) < 4.78 is 14.1. The van der Waals surface area contributed by atoms with Crippen molar-refractivity contribution in [3.8, 4) is 0 Å². The van der Waals surface area contributed by atoms with Crippen LogP contribution in [0.5, 0.6) is 0 Å². The molecule has 0 bridgehead atoms. The summed E-state index contributed by atoms with van der Waals surface area (Å²) in [7, 11) is 1.89. The van der Waals surface area contributed by atoms with Gasteiger partial charge >= 0.3 is 0 Å². The summed E-state index contributed by atoms with van der Waals surface area (Å²) in [5.41, 5.74) is 2.12. The summed E-state index contributed by atoms with van der Waals surface area (Å²) in [6, 6.07) is 9.29. The zero-order valence-electron chi connectivity index (χ0n) is 10.9. The van der Waals surface area contributed by atoms with Gasteiger partial charge in [-0.25, -0.2) is 4.39 Å². The van der Waals surface area contributed by atoms with Crippen LogP contribution in [0.25, 0.3) is 0 Å². The topological polar surface area (TPSA) is 24.9 Å². The Labute approximate surface area is 121 Å². The quantitative estimate of drug-likeness (QED) is 0.918. The molecule has 2 rings (SSSR count). The minimum atomic E-state index is -0.236. The predicted molar refractivity (Wildman–Crippen MR) is 78.6 cm³/mol. The SMILES string of the molecule is CNC(c1ccc(Br)c(F)c1)C(C)c1ccncc1. The molecule has 1 aromatic carbocycles. The minimum Gasteiger partial charge on any atom is -0.312 e. The molecule has 2 aromatic rings. The maximum Gasteiger partial charge on any atom is 0.137 e. The molecule has 0 radical (unpaired) electrons. The van der Waals surface area contributed by atoms with Crippen LogP contribution in [0.3, 0.4) is 0 Å². The maximum atomic E-state index is 13.7. The van der Waals surface area contributed by atoms with E-state index < -0.39 is 0 Å². The summed E-state index contributed by atoms with van der Waals surface area (Å²) in [4.78, 5) is 4.02. The fraction of sp³-hybridized carbons (Fsp3) is 0.267. The van der Waals surface area contributed by atoms with E-state index in [2.05, 4.69) is 33.2 Å². The molecule has 2 unspecified atom stereocenters. The molecule has 0 saturated carbocycles. The molecule has 1 aromatic heterocycles. The molecule has 0 aliphatic heterocycles. The highest BCUT2D eigenvalue weighted by atomic mass is 79.9. The van der Waals surface area contributed by atoms with Gasteiger partial charge < -0.3 is 5.32 Å². The van der Waals surface area contributed by atoms with Crippen LogP contribution in [0, 0.1) is 5.82 Å². The van der Waals surface area contributed by atoms with Crippen molar-refractivity contribution >= 4 is 15.9 Å². The lowest BCUT2D eigenvalue weighted by Crippen LogP contribution is -2.22. The van der Waals surface area contributed by atoms with Crippen LogP contribution >= 0.6 is 15.9 Å². The van der Waals surface area contributed by atoms with Gasteiger partial charge in [0.25, 0.3) is 0 Å². The molecule has 0 fully saturated rings. The number of halogens is 2. The molecule has 19 heavy (non-hydrogen) atoms. The number of pyridine rings is 1. The summed E-state index contributed by atoms with van der Waals surface area (Å²) >= 11 is 3.18. The highest BCUT2D eigenvalue weighted by Crippen LogP contribution is 2.31. The van der Waals surface area contributed by atoms with E-state index >= 15 is 0 Å². The Morgan fingerprint density at radius 2 is 1.84 bits per heavy atom. The summed E-state index contributed by atoms with van der Waals surface area (Å²) in [6.45, 7) is 2.12.